The van der Waals surface area contributed by atoms with Gasteiger partial charge in [-0.3, -0.25) is 4.90 Å². The Hall–Kier alpha value is -0.940. The predicted octanol–water partition coefficient (Wildman–Crippen LogP) is -0.0890. The van der Waals surface area contributed by atoms with E-state index in [9.17, 15) is 0 Å². The molecule has 72 valence electrons. The largest absolute Gasteiger partial charge is 0.326 e. The van der Waals surface area contributed by atoms with Crippen LogP contribution in [0.3, 0.4) is 0 Å². The van der Waals surface area contributed by atoms with Crippen LogP contribution in [0.4, 0.5) is 0 Å². The van der Waals surface area contributed by atoms with Gasteiger partial charge >= 0.3 is 0 Å². The third kappa shape index (κ3) is 1.87. The molecule has 5 nitrogen and oxygen atoms in total. The molecule has 0 bridgehead atoms. The van der Waals surface area contributed by atoms with E-state index in [0.717, 1.165) is 37.4 Å². The molecule has 0 unspecified atom stereocenters. The van der Waals surface area contributed by atoms with E-state index >= 15 is 0 Å². The van der Waals surface area contributed by atoms with Gasteiger partial charge in [0.2, 0.25) is 0 Å². The van der Waals surface area contributed by atoms with Gasteiger partial charge in [0.1, 0.15) is 11.4 Å². The van der Waals surface area contributed by atoms with Crippen LogP contribution in [0.15, 0.2) is 4.63 Å². The third-order valence-corrected chi connectivity index (χ3v) is 2.43. The molecule has 0 spiro atoms. The zero-order valence-corrected chi connectivity index (χ0v) is 7.73. The second-order valence-corrected chi connectivity index (χ2v) is 3.58. The Labute approximate surface area is 76.9 Å². The van der Waals surface area contributed by atoms with E-state index in [1.165, 1.54) is 0 Å². The first-order chi connectivity index (χ1) is 6.25. The van der Waals surface area contributed by atoms with Crippen LogP contribution < -0.4 is 5.73 Å². The first kappa shape index (κ1) is 8.65. The van der Waals surface area contributed by atoms with Gasteiger partial charge in [-0.25, -0.2) is 4.63 Å². The normalized spacial score (nSPS) is 24.0. The van der Waals surface area contributed by atoms with Gasteiger partial charge in [-0.1, -0.05) is 10.3 Å². The number of likely N-dealkylation sites (tertiary alicyclic amines) is 1. The summed E-state index contributed by atoms with van der Waals surface area (Å²) in [6.07, 6.45) is 1.07. The van der Waals surface area contributed by atoms with Gasteiger partial charge in [0.15, 0.2) is 0 Å². The highest BCUT2D eigenvalue weighted by atomic mass is 16.6. The van der Waals surface area contributed by atoms with E-state index in [2.05, 4.69) is 19.8 Å². The summed E-state index contributed by atoms with van der Waals surface area (Å²) in [5.74, 6) is 0. The molecule has 0 aromatic carbocycles. The molecule has 0 saturated carbocycles. The molecule has 1 atom stereocenters. The Morgan fingerprint density at radius 2 is 2.46 bits per heavy atom. The number of nitrogens with zero attached hydrogens (tertiary/aromatic N) is 3. The Morgan fingerprint density at radius 3 is 3.00 bits per heavy atom. The molecule has 0 radical (unpaired) electrons. The highest BCUT2D eigenvalue weighted by molar-refractivity contribution is 5.04. The summed E-state index contributed by atoms with van der Waals surface area (Å²) >= 11 is 0. The highest BCUT2D eigenvalue weighted by Gasteiger charge is 2.20. The molecule has 2 N–H and O–H groups in total. The number of rotatable bonds is 2. The van der Waals surface area contributed by atoms with Gasteiger partial charge < -0.3 is 5.73 Å². The van der Waals surface area contributed by atoms with E-state index < -0.39 is 0 Å². The molecule has 1 saturated heterocycles. The van der Waals surface area contributed by atoms with Crippen LogP contribution in [0.5, 0.6) is 0 Å². The van der Waals surface area contributed by atoms with Crippen molar-refractivity contribution in [1.29, 1.82) is 0 Å². The molecule has 2 heterocycles. The Bertz CT molecular complexity index is 285. The molecule has 1 aromatic rings. The number of hydrogen-bond acceptors (Lipinski definition) is 5. The van der Waals surface area contributed by atoms with Crippen molar-refractivity contribution < 1.29 is 4.63 Å². The minimum absolute atomic E-state index is 0.320. The van der Waals surface area contributed by atoms with Gasteiger partial charge in [0.05, 0.1) is 0 Å². The van der Waals surface area contributed by atoms with Gasteiger partial charge in [0, 0.05) is 25.7 Å². The van der Waals surface area contributed by atoms with Crippen LogP contribution in [-0.4, -0.2) is 34.3 Å². The molecule has 1 aliphatic heterocycles. The fourth-order valence-electron chi connectivity index (χ4n) is 1.61. The van der Waals surface area contributed by atoms with Crippen molar-refractivity contribution in [3.8, 4) is 0 Å². The zero-order valence-electron chi connectivity index (χ0n) is 7.73. The van der Waals surface area contributed by atoms with E-state index in [0.29, 0.717) is 6.04 Å². The minimum Gasteiger partial charge on any atom is -0.326 e. The lowest BCUT2D eigenvalue weighted by Gasteiger charge is -2.12. The smallest absolute Gasteiger partial charge is 0.122 e. The quantitative estimate of drug-likeness (QED) is 0.692. The van der Waals surface area contributed by atoms with Crippen LogP contribution in [0.1, 0.15) is 17.8 Å². The van der Waals surface area contributed by atoms with Crippen molar-refractivity contribution >= 4 is 0 Å². The molecule has 1 fully saturated rings. The maximum Gasteiger partial charge on any atom is 0.122 e. The monoisotopic (exact) mass is 182 g/mol. The maximum absolute atomic E-state index is 5.79. The molecule has 0 amide bonds. The van der Waals surface area contributed by atoms with Crippen LogP contribution >= 0.6 is 0 Å². The minimum atomic E-state index is 0.320. The second-order valence-electron chi connectivity index (χ2n) is 3.58. The van der Waals surface area contributed by atoms with E-state index in [4.69, 9.17) is 5.73 Å². The Balaban J connectivity index is 1.95. The summed E-state index contributed by atoms with van der Waals surface area (Å²) in [5.41, 5.74) is 7.59. The first-order valence-electron chi connectivity index (χ1n) is 4.51. The lowest BCUT2D eigenvalue weighted by molar-refractivity contribution is 0.282. The molecule has 1 aliphatic rings. The topological polar surface area (TPSA) is 68.2 Å². The summed E-state index contributed by atoms with van der Waals surface area (Å²) in [7, 11) is 0. The van der Waals surface area contributed by atoms with Crippen molar-refractivity contribution in [3.63, 3.8) is 0 Å². The Morgan fingerprint density at radius 1 is 1.62 bits per heavy atom. The first-order valence-corrected chi connectivity index (χ1v) is 4.51. The summed E-state index contributed by atoms with van der Waals surface area (Å²) in [6.45, 7) is 4.71. The molecule has 2 rings (SSSR count). The average molecular weight is 182 g/mol. The van der Waals surface area contributed by atoms with Crippen molar-refractivity contribution in [2.24, 2.45) is 5.73 Å². The molecule has 1 aromatic heterocycles. The standard InChI is InChI=1S/C8H14N4O/c1-6-8(11-13-10-6)5-12-3-2-7(9)4-12/h7H,2-5,9H2,1H3/t7-/m1/s1. The summed E-state index contributed by atoms with van der Waals surface area (Å²) in [6, 6.07) is 0.320. The van der Waals surface area contributed by atoms with Gasteiger partial charge in [-0.2, -0.15) is 0 Å². The van der Waals surface area contributed by atoms with Crippen LogP contribution in [0.25, 0.3) is 0 Å². The van der Waals surface area contributed by atoms with Crippen molar-refractivity contribution in [2.75, 3.05) is 13.1 Å². The van der Waals surface area contributed by atoms with Gasteiger partial charge in [-0.05, 0) is 13.3 Å². The van der Waals surface area contributed by atoms with E-state index in [1.807, 2.05) is 6.92 Å². The summed E-state index contributed by atoms with van der Waals surface area (Å²) in [4.78, 5) is 2.28. The van der Waals surface area contributed by atoms with Crippen molar-refractivity contribution in [1.82, 2.24) is 15.2 Å². The molecular formula is C8H14N4O. The van der Waals surface area contributed by atoms with Crippen molar-refractivity contribution in [3.05, 3.63) is 11.4 Å². The number of nitrogens with two attached hydrogens (primary N) is 1. The fraction of sp³-hybridized carbons (Fsp3) is 0.750. The summed E-state index contributed by atoms with van der Waals surface area (Å²) < 4.78 is 4.62. The molecular weight excluding hydrogens is 168 g/mol. The highest BCUT2D eigenvalue weighted by Crippen LogP contribution is 2.12. The average Bonchev–Trinajstić information content (AvgIpc) is 2.64. The number of aromatic nitrogens is 2. The van der Waals surface area contributed by atoms with Crippen LogP contribution in [0.2, 0.25) is 0 Å². The predicted molar refractivity (Wildman–Crippen MR) is 46.9 cm³/mol. The number of hydrogen-bond donors (Lipinski definition) is 1. The van der Waals surface area contributed by atoms with E-state index in [-0.39, 0.29) is 0 Å². The maximum atomic E-state index is 5.79. The lowest BCUT2D eigenvalue weighted by Crippen LogP contribution is -2.26. The number of aryl methyl sites for hydroxylation is 1. The van der Waals surface area contributed by atoms with Crippen LogP contribution in [0, 0.1) is 6.92 Å². The van der Waals surface area contributed by atoms with Crippen molar-refractivity contribution in [2.45, 2.75) is 25.9 Å². The van der Waals surface area contributed by atoms with E-state index in [1.54, 1.807) is 0 Å². The SMILES string of the molecule is Cc1nonc1CN1CC[C@@H](N)C1. The summed E-state index contributed by atoms with van der Waals surface area (Å²) in [5, 5.41) is 7.57. The van der Waals surface area contributed by atoms with Gasteiger partial charge in [0.25, 0.3) is 0 Å². The fourth-order valence-corrected chi connectivity index (χ4v) is 1.61. The van der Waals surface area contributed by atoms with Gasteiger partial charge in [-0.15, -0.1) is 0 Å². The van der Waals surface area contributed by atoms with Crippen LogP contribution in [-0.2, 0) is 6.54 Å². The third-order valence-electron chi connectivity index (χ3n) is 2.43. The molecule has 13 heavy (non-hydrogen) atoms. The molecule has 0 aliphatic carbocycles. The Kier molecular flexibility index (Phi) is 2.28. The zero-order chi connectivity index (χ0) is 9.26. The second kappa shape index (κ2) is 3.43. The molecule has 5 heteroatoms. The lowest BCUT2D eigenvalue weighted by atomic mass is 10.3.